The van der Waals surface area contributed by atoms with Gasteiger partial charge in [0.1, 0.15) is 0 Å². The van der Waals surface area contributed by atoms with E-state index >= 15 is 0 Å². The number of nitrogens with one attached hydrogen (secondary N) is 1. The number of hydrogen-bond donors (Lipinski definition) is 2. The zero-order valence-electron chi connectivity index (χ0n) is 16.6. The predicted molar refractivity (Wildman–Crippen MR) is 120 cm³/mol. The lowest BCUT2D eigenvalue weighted by molar-refractivity contribution is 0.0696. The average Bonchev–Trinajstić information content (AvgIpc) is 3.42. The Morgan fingerprint density at radius 3 is 2.77 bits per heavy atom. The Kier molecular flexibility index (Phi) is 5.28. The van der Waals surface area contributed by atoms with Gasteiger partial charge in [-0.05, 0) is 53.1 Å². The number of hydrogen-bond acceptors (Lipinski definition) is 6. The summed E-state index contributed by atoms with van der Waals surface area (Å²) in [6, 6.07) is 19.3. The third kappa shape index (κ3) is 4.23. The Labute approximate surface area is 183 Å². The smallest absolute Gasteiger partial charge is 0.335 e. The van der Waals surface area contributed by atoms with Crippen LogP contribution in [0.3, 0.4) is 0 Å². The fourth-order valence-electron chi connectivity index (χ4n) is 3.58. The van der Waals surface area contributed by atoms with Gasteiger partial charge in [0.05, 0.1) is 20.8 Å². The summed E-state index contributed by atoms with van der Waals surface area (Å²) in [6.45, 7) is 1.67. The molecule has 0 saturated carbocycles. The number of carboxylic acids is 1. The Balaban J connectivity index is 1.23. The topological polar surface area (TPSA) is 80.7 Å². The number of carbonyl (C=O) groups is 1. The maximum absolute atomic E-state index is 11.1. The van der Waals surface area contributed by atoms with E-state index in [1.54, 1.807) is 29.5 Å². The van der Waals surface area contributed by atoms with E-state index in [0.717, 1.165) is 56.4 Å². The quantitative estimate of drug-likeness (QED) is 0.411. The first-order chi connectivity index (χ1) is 15.2. The molecular weight excluding hydrogens is 412 g/mol. The SMILES string of the molecule is O=C(O)c1cccc(CNCCc2nc3ccc(-c4ccc5c(c4)OCO5)cc3s2)c1. The highest BCUT2D eigenvalue weighted by Gasteiger charge is 2.14. The number of aromatic carboxylic acids is 1. The van der Waals surface area contributed by atoms with E-state index in [0.29, 0.717) is 12.1 Å². The zero-order valence-corrected chi connectivity index (χ0v) is 17.4. The molecule has 3 aromatic carbocycles. The summed E-state index contributed by atoms with van der Waals surface area (Å²) in [5.41, 5.74) is 4.48. The molecule has 0 bridgehead atoms. The zero-order chi connectivity index (χ0) is 21.2. The van der Waals surface area contributed by atoms with Crippen LogP contribution < -0.4 is 14.8 Å². The number of nitrogens with zero attached hydrogens (tertiary/aromatic N) is 1. The molecule has 1 aliphatic rings. The van der Waals surface area contributed by atoms with Crippen LogP contribution in [0.2, 0.25) is 0 Å². The highest BCUT2D eigenvalue weighted by Crippen LogP contribution is 2.37. The van der Waals surface area contributed by atoms with Crippen molar-refractivity contribution in [3.8, 4) is 22.6 Å². The molecule has 1 aliphatic heterocycles. The van der Waals surface area contributed by atoms with Gasteiger partial charge in [-0.2, -0.15) is 0 Å². The molecule has 156 valence electrons. The van der Waals surface area contributed by atoms with Crippen molar-refractivity contribution in [1.82, 2.24) is 10.3 Å². The first-order valence-corrected chi connectivity index (χ1v) is 10.8. The number of thiazole rings is 1. The van der Waals surface area contributed by atoms with Crippen LogP contribution in [0, 0.1) is 0 Å². The van der Waals surface area contributed by atoms with Crippen molar-refractivity contribution in [2.24, 2.45) is 0 Å². The molecule has 6 nitrogen and oxygen atoms in total. The second kappa shape index (κ2) is 8.37. The van der Waals surface area contributed by atoms with E-state index in [1.807, 2.05) is 24.3 Å². The Morgan fingerprint density at radius 1 is 1.03 bits per heavy atom. The summed E-state index contributed by atoms with van der Waals surface area (Å²) in [7, 11) is 0. The van der Waals surface area contributed by atoms with Crippen LogP contribution >= 0.6 is 11.3 Å². The predicted octanol–water partition coefficient (Wildman–Crippen LogP) is 4.72. The van der Waals surface area contributed by atoms with Gasteiger partial charge < -0.3 is 19.9 Å². The van der Waals surface area contributed by atoms with Crippen molar-refractivity contribution in [2.75, 3.05) is 13.3 Å². The van der Waals surface area contributed by atoms with Gasteiger partial charge >= 0.3 is 5.97 Å². The minimum Gasteiger partial charge on any atom is -0.478 e. The standard InChI is InChI=1S/C24H20N2O4S/c27-24(28)18-3-1-2-15(10-18)13-25-9-8-23-26-19-6-4-17(12-22(19)31-23)16-5-7-20-21(11-16)30-14-29-20/h1-7,10-12,25H,8-9,13-14H2,(H,27,28). The molecular formula is C24H20N2O4S. The highest BCUT2D eigenvalue weighted by atomic mass is 32.1. The number of fused-ring (bicyclic) bond motifs is 2. The molecule has 7 heteroatoms. The maximum atomic E-state index is 11.1. The fraction of sp³-hybridized carbons (Fsp3) is 0.167. The van der Waals surface area contributed by atoms with Crippen LogP contribution in [-0.4, -0.2) is 29.4 Å². The summed E-state index contributed by atoms with van der Waals surface area (Å²) in [5, 5.41) is 13.5. The molecule has 1 aromatic heterocycles. The second-order valence-corrected chi connectivity index (χ2v) is 8.41. The van der Waals surface area contributed by atoms with Gasteiger partial charge in [0.15, 0.2) is 11.5 Å². The van der Waals surface area contributed by atoms with Crippen LogP contribution in [0.15, 0.2) is 60.7 Å². The Hall–Kier alpha value is -3.42. The molecule has 0 radical (unpaired) electrons. The van der Waals surface area contributed by atoms with Gasteiger partial charge in [-0.25, -0.2) is 9.78 Å². The number of rotatable bonds is 7. The van der Waals surface area contributed by atoms with E-state index in [2.05, 4.69) is 23.5 Å². The molecule has 2 N–H and O–H groups in total. The van der Waals surface area contributed by atoms with Gasteiger partial charge in [0.25, 0.3) is 0 Å². The normalized spacial score (nSPS) is 12.4. The van der Waals surface area contributed by atoms with Crippen LogP contribution in [0.4, 0.5) is 0 Å². The molecule has 0 unspecified atom stereocenters. The lowest BCUT2D eigenvalue weighted by Gasteiger charge is -2.04. The van der Waals surface area contributed by atoms with E-state index < -0.39 is 5.97 Å². The second-order valence-electron chi connectivity index (χ2n) is 7.29. The van der Waals surface area contributed by atoms with Crippen molar-refractivity contribution in [2.45, 2.75) is 13.0 Å². The lowest BCUT2D eigenvalue weighted by Crippen LogP contribution is -2.16. The first-order valence-electron chi connectivity index (χ1n) is 9.98. The van der Waals surface area contributed by atoms with E-state index in [1.165, 1.54) is 0 Å². The summed E-state index contributed by atoms with van der Waals surface area (Å²) in [6.07, 6.45) is 0.817. The average molecular weight is 433 g/mol. The monoisotopic (exact) mass is 432 g/mol. The van der Waals surface area contributed by atoms with Crippen LogP contribution in [0.25, 0.3) is 21.3 Å². The lowest BCUT2D eigenvalue weighted by atomic mass is 10.1. The summed E-state index contributed by atoms with van der Waals surface area (Å²) in [5.74, 6) is 0.658. The number of carboxylic acid groups (broad SMARTS) is 1. The summed E-state index contributed by atoms with van der Waals surface area (Å²) in [4.78, 5) is 15.8. The maximum Gasteiger partial charge on any atom is 0.335 e. The molecule has 2 heterocycles. The molecule has 0 amide bonds. The number of benzene rings is 3. The summed E-state index contributed by atoms with van der Waals surface area (Å²) >= 11 is 1.70. The minimum absolute atomic E-state index is 0.273. The van der Waals surface area contributed by atoms with Crippen LogP contribution in [0.5, 0.6) is 11.5 Å². The Bertz CT molecular complexity index is 1270. The van der Waals surface area contributed by atoms with Gasteiger partial charge in [-0.3, -0.25) is 0 Å². The molecule has 31 heavy (non-hydrogen) atoms. The van der Waals surface area contributed by atoms with Gasteiger partial charge in [0, 0.05) is 19.5 Å². The molecule has 0 saturated heterocycles. The number of aromatic nitrogens is 1. The minimum atomic E-state index is -0.906. The van der Waals surface area contributed by atoms with Crippen molar-refractivity contribution in [1.29, 1.82) is 0 Å². The van der Waals surface area contributed by atoms with Crippen LogP contribution in [-0.2, 0) is 13.0 Å². The summed E-state index contributed by atoms with van der Waals surface area (Å²) < 4.78 is 12.0. The van der Waals surface area contributed by atoms with Gasteiger partial charge in [0.2, 0.25) is 6.79 Å². The third-order valence-corrected chi connectivity index (χ3v) is 6.24. The van der Waals surface area contributed by atoms with Gasteiger partial charge in [-0.15, -0.1) is 11.3 Å². The highest BCUT2D eigenvalue weighted by molar-refractivity contribution is 7.18. The molecule has 0 aliphatic carbocycles. The third-order valence-electron chi connectivity index (χ3n) is 5.16. The van der Waals surface area contributed by atoms with Gasteiger partial charge in [-0.1, -0.05) is 24.3 Å². The largest absolute Gasteiger partial charge is 0.478 e. The van der Waals surface area contributed by atoms with E-state index in [-0.39, 0.29) is 6.79 Å². The fourth-order valence-corrected chi connectivity index (χ4v) is 4.58. The molecule has 0 spiro atoms. The van der Waals surface area contributed by atoms with E-state index in [4.69, 9.17) is 19.6 Å². The number of ether oxygens (including phenoxy) is 2. The Morgan fingerprint density at radius 2 is 1.87 bits per heavy atom. The van der Waals surface area contributed by atoms with Crippen molar-refractivity contribution in [3.05, 3.63) is 76.8 Å². The molecule has 5 rings (SSSR count). The van der Waals surface area contributed by atoms with Crippen molar-refractivity contribution >= 4 is 27.5 Å². The molecule has 4 aromatic rings. The van der Waals surface area contributed by atoms with E-state index in [9.17, 15) is 4.79 Å². The molecule has 0 fully saturated rings. The van der Waals surface area contributed by atoms with Crippen molar-refractivity contribution < 1.29 is 19.4 Å². The molecule has 0 atom stereocenters. The first kappa shape index (κ1) is 19.5. The van der Waals surface area contributed by atoms with Crippen LogP contribution in [0.1, 0.15) is 20.9 Å². The van der Waals surface area contributed by atoms with Crippen molar-refractivity contribution in [3.63, 3.8) is 0 Å².